The number of hydrogen-bond acceptors (Lipinski definition) is 4. The number of halogens is 4. The standard InChI is InChI=1S/C9H11ClF3N3S/c1-16(4-3-9(11,12)13)7-5-6(10)14-8(15-7)17-2/h5H,3-4H2,1-2H3. The Morgan fingerprint density at radius 2 is 2.06 bits per heavy atom. The molecule has 0 spiro atoms. The Balaban J connectivity index is 2.74. The highest BCUT2D eigenvalue weighted by molar-refractivity contribution is 7.98. The third-order valence-electron chi connectivity index (χ3n) is 1.97. The summed E-state index contributed by atoms with van der Waals surface area (Å²) in [6.07, 6.45) is -3.29. The first kappa shape index (κ1) is 14.4. The molecule has 1 aromatic rings. The minimum Gasteiger partial charge on any atom is -0.359 e. The lowest BCUT2D eigenvalue weighted by atomic mass is 10.4. The highest BCUT2D eigenvalue weighted by Gasteiger charge is 2.27. The fourth-order valence-corrected chi connectivity index (χ4v) is 1.68. The minimum absolute atomic E-state index is 0.162. The number of aromatic nitrogens is 2. The summed E-state index contributed by atoms with van der Waals surface area (Å²) in [5.41, 5.74) is 0. The molecule has 0 saturated carbocycles. The van der Waals surface area contributed by atoms with Gasteiger partial charge in [0.05, 0.1) is 6.42 Å². The molecule has 0 saturated heterocycles. The predicted molar refractivity (Wildman–Crippen MR) is 62.8 cm³/mol. The molecule has 1 rings (SSSR count). The molecule has 8 heteroatoms. The van der Waals surface area contributed by atoms with E-state index in [1.807, 2.05) is 0 Å². The van der Waals surface area contributed by atoms with Gasteiger partial charge < -0.3 is 4.90 Å². The molecule has 1 heterocycles. The Hall–Kier alpha value is -0.690. The molecule has 0 fully saturated rings. The van der Waals surface area contributed by atoms with Crippen LogP contribution in [0, 0.1) is 0 Å². The van der Waals surface area contributed by atoms with Crippen LogP contribution in [0.25, 0.3) is 0 Å². The van der Waals surface area contributed by atoms with E-state index < -0.39 is 12.6 Å². The van der Waals surface area contributed by atoms with E-state index in [0.29, 0.717) is 11.0 Å². The summed E-state index contributed by atoms with van der Waals surface area (Å²) in [6.45, 7) is -0.162. The largest absolute Gasteiger partial charge is 0.390 e. The first-order chi connectivity index (χ1) is 7.81. The van der Waals surface area contributed by atoms with Crippen molar-refractivity contribution >= 4 is 29.2 Å². The van der Waals surface area contributed by atoms with E-state index in [2.05, 4.69) is 9.97 Å². The smallest absolute Gasteiger partial charge is 0.359 e. The van der Waals surface area contributed by atoms with Crippen LogP contribution in [-0.4, -0.2) is 36.0 Å². The van der Waals surface area contributed by atoms with Gasteiger partial charge in [-0.25, -0.2) is 9.97 Å². The Morgan fingerprint density at radius 1 is 1.41 bits per heavy atom. The van der Waals surface area contributed by atoms with Crippen LogP contribution in [0.5, 0.6) is 0 Å². The second kappa shape index (κ2) is 5.77. The average molecular weight is 286 g/mol. The van der Waals surface area contributed by atoms with E-state index >= 15 is 0 Å². The quantitative estimate of drug-likeness (QED) is 0.482. The fourth-order valence-electron chi connectivity index (χ4n) is 1.08. The minimum atomic E-state index is -4.17. The molecule has 96 valence electrons. The first-order valence-corrected chi connectivity index (χ1v) is 6.28. The monoisotopic (exact) mass is 285 g/mol. The average Bonchev–Trinajstić information content (AvgIpc) is 2.23. The molecular formula is C9H11ClF3N3S. The van der Waals surface area contributed by atoms with Crippen molar-refractivity contribution in [3.8, 4) is 0 Å². The number of nitrogens with zero attached hydrogens (tertiary/aromatic N) is 3. The molecule has 0 amide bonds. The van der Waals surface area contributed by atoms with Crippen molar-refractivity contribution in [1.29, 1.82) is 0 Å². The highest BCUT2D eigenvalue weighted by Crippen LogP contribution is 2.23. The maximum absolute atomic E-state index is 12.1. The Bertz CT molecular complexity index is 386. The van der Waals surface area contributed by atoms with Crippen molar-refractivity contribution in [1.82, 2.24) is 9.97 Å². The second-order valence-corrected chi connectivity index (χ2v) is 4.48. The van der Waals surface area contributed by atoms with Crippen molar-refractivity contribution in [3.63, 3.8) is 0 Å². The van der Waals surface area contributed by atoms with Crippen LogP contribution >= 0.6 is 23.4 Å². The molecule has 0 aliphatic heterocycles. The van der Waals surface area contributed by atoms with Gasteiger partial charge in [0.25, 0.3) is 0 Å². The molecule has 1 aromatic heterocycles. The lowest BCUT2D eigenvalue weighted by molar-refractivity contribution is -0.132. The zero-order valence-corrected chi connectivity index (χ0v) is 10.8. The van der Waals surface area contributed by atoms with Crippen molar-refractivity contribution < 1.29 is 13.2 Å². The van der Waals surface area contributed by atoms with Gasteiger partial charge in [-0.15, -0.1) is 0 Å². The zero-order chi connectivity index (χ0) is 13.1. The van der Waals surface area contributed by atoms with Gasteiger partial charge in [0, 0.05) is 19.7 Å². The van der Waals surface area contributed by atoms with E-state index in [1.54, 1.807) is 6.26 Å². The van der Waals surface area contributed by atoms with Gasteiger partial charge in [-0.2, -0.15) is 13.2 Å². The molecule has 0 bridgehead atoms. The molecule has 0 atom stereocenters. The van der Waals surface area contributed by atoms with Crippen LogP contribution in [0.2, 0.25) is 5.15 Å². The summed E-state index contributed by atoms with van der Waals surface area (Å²) in [7, 11) is 1.54. The first-order valence-electron chi connectivity index (χ1n) is 4.68. The summed E-state index contributed by atoms with van der Waals surface area (Å²) in [6, 6.07) is 1.44. The summed E-state index contributed by atoms with van der Waals surface area (Å²) in [5, 5.41) is 0.657. The topological polar surface area (TPSA) is 29.0 Å². The molecule has 0 N–H and O–H groups in total. The van der Waals surface area contributed by atoms with Crippen LogP contribution in [-0.2, 0) is 0 Å². The van der Waals surface area contributed by atoms with Gasteiger partial charge in [-0.1, -0.05) is 23.4 Å². The molecular weight excluding hydrogens is 275 g/mol. The van der Waals surface area contributed by atoms with Crippen LogP contribution in [0.15, 0.2) is 11.2 Å². The molecule has 0 unspecified atom stereocenters. The van der Waals surface area contributed by atoms with Gasteiger partial charge in [0.1, 0.15) is 11.0 Å². The molecule has 0 aliphatic carbocycles. The van der Waals surface area contributed by atoms with Crippen LogP contribution < -0.4 is 4.90 Å². The third kappa shape index (κ3) is 4.99. The van der Waals surface area contributed by atoms with Gasteiger partial charge in [0.2, 0.25) is 0 Å². The number of alkyl halides is 3. The summed E-state index contributed by atoms with van der Waals surface area (Å²) >= 11 is 7.03. The van der Waals surface area contributed by atoms with Crippen molar-refractivity contribution in [2.45, 2.75) is 17.8 Å². The molecule has 0 radical (unpaired) electrons. The number of anilines is 1. The van der Waals surface area contributed by atoms with Gasteiger partial charge >= 0.3 is 6.18 Å². The highest BCUT2D eigenvalue weighted by atomic mass is 35.5. The number of rotatable bonds is 4. The lowest BCUT2D eigenvalue weighted by Crippen LogP contribution is -2.25. The Morgan fingerprint density at radius 3 is 2.59 bits per heavy atom. The van der Waals surface area contributed by atoms with Crippen molar-refractivity contribution in [3.05, 3.63) is 11.2 Å². The van der Waals surface area contributed by atoms with Crippen molar-refractivity contribution in [2.24, 2.45) is 0 Å². The zero-order valence-electron chi connectivity index (χ0n) is 9.25. The molecule has 0 aliphatic rings. The van der Waals surface area contributed by atoms with Crippen LogP contribution in [0.3, 0.4) is 0 Å². The van der Waals surface area contributed by atoms with E-state index in [9.17, 15) is 13.2 Å². The molecule has 3 nitrogen and oxygen atoms in total. The molecule has 17 heavy (non-hydrogen) atoms. The summed E-state index contributed by atoms with van der Waals surface area (Å²) in [4.78, 5) is 9.39. The summed E-state index contributed by atoms with van der Waals surface area (Å²) < 4.78 is 36.2. The molecule has 0 aromatic carbocycles. The van der Waals surface area contributed by atoms with E-state index in [4.69, 9.17) is 11.6 Å². The van der Waals surface area contributed by atoms with E-state index in [0.717, 1.165) is 0 Å². The van der Waals surface area contributed by atoms with Gasteiger partial charge in [-0.05, 0) is 6.26 Å². The normalized spacial score (nSPS) is 11.6. The number of hydrogen-bond donors (Lipinski definition) is 0. The third-order valence-corrected chi connectivity index (χ3v) is 2.71. The van der Waals surface area contributed by atoms with E-state index in [1.165, 1.54) is 29.8 Å². The van der Waals surface area contributed by atoms with Crippen molar-refractivity contribution in [2.75, 3.05) is 24.7 Å². The maximum atomic E-state index is 12.1. The van der Waals surface area contributed by atoms with Gasteiger partial charge in [0.15, 0.2) is 5.16 Å². The fraction of sp³-hybridized carbons (Fsp3) is 0.556. The van der Waals surface area contributed by atoms with Crippen LogP contribution in [0.1, 0.15) is 6.42 Å². The SMILES string of the molecule is CSc1nc(Cl)cc(N(C)CCC(F)(F)F)n1. The summed E-state index contributed by atoms with van der Waals surface area (Å²) in [5.74, 6) is 0.388. The van der Waals surface area contributed by atoms with Crippen LogP contribution in [0.4, 0.5) is 19.0 Å². The maximum Gasteiger partial charge on any atom is 0.390 e. The van der Waals surface area contributed by atoms with Gasteiger partial charge in [-0.3, -0.25) is 0 Å². The Kier molecular flexibility index (Phi) is 4.88. The lowest BCUT2D eigenvalue weighted by Gasteiger charge is -2.19. The number of thioether (sulfide) groups is 1. The second-order valence-electron chi connectivity index (χ2n) is 3.32. The Labute approximate surface area is 106 Å². The van der Waals surface area contributed by atoms with E-state index in [-0.39, 0.29) is 11.7 Å². The predicted octanol–water partition coefficient (Wildman–Crippen LogP) is 3.24.